The maximum Gasteiger partial charge on any atom is 0.261 e. The van der Waals surface area contributed by atoms with Gasteiger partial charge in [-0.15, -0.1) is 11.3 Å². The van der Waals surface area contributed by atoms with Gasteiger partial charge < -0.3 is 14.6 Å². The molecular weight excluding hydrogens is 320 g/mol. The molecule has 0 saturated carbocycles. The van der Waals surface area contributed by atoms with Gasteiger partial charge in [-0.05, 0) is 41.6 Å². The maximum atomic E-state index is 12.3. The summed E-state index contributed by atoms with van der Waals surface area (Å²) >= 11 is 1.45. The Morgan fingerprint density at radius 3 is 2.92 bits per heavy atom. The normalized spacial score (nSPS) is 14.4. The summed E-state index contributed by atoms with van der Waals surface area (Å²) in [4.78, 5) is 15.3. The van der Waals surface area contributed by atoms with Gasteiger partial charge in [0.2, 0.25) is 0 Å². The first-order valence-corrected chi connectivity index (χ1v) is 8.90. The highest BCUT2D eigenvalue weighted by Crippen LogP contribution is 2.35. The third-order valence-corrected chi connectivity index (χ3v) is 5.24. The fourth-order valence-electron chi connectivity index (χ4n) is 3.22. The molecule has 1 aliphatic heterocycles. The van der Waals surface area contributed by atoms with Gasteiger partial charge in [0, 0.05) is 18.8 Å². The minimum absolute atomic E-state index is 0.00689. The van der Waals surface area contributed by atoms with Crippen LogP contribution in [0.5, 0.6) is 0 Å². The molecule has 0 saturated heterocycles. The van der Waals surface area contributed by atoms with Crippen LogP contribution >= 0.6 is 11.3 Å². The van der Waals surface area contributed by atoms with E-state index < -0.39 is 0 Å². The van der Waals surface area contributed by atoms with Crippen LogP contribution in [0.25, 0.3) is 0 Å². The molecule has 1 atom stereocenters. The third-order valence-electron chi connectivity index (χ3n) is 4.37. The number of nitrogens with zero attached hydrogens (tertiary/aromatic N) is 1. The Morgan fingerprint density at radius 1 is 1.21 bits per heavy atom. The Labute approximate surface area is 144 Å². The molecule has 0 aliphatic carbocycles. The van der Waals surface area contributed by atoms with Gasteiger partial charge in [0.1, 0.15) is 11.8 Å². The lowest BCUT2D eigenvalue weighted by molar-refractivity contribution is 0.0954. The first-order valence-electron chi connectivity index (χ1n) is 8.02. The van der Waals surface area contributed by atoms with Crippen molar-refractivity contribution in [2.24, 2.45) is 0 Å². The Hall–Kier alpha value is -2.53. The van der Waals surface area contributed by atoms with Gasteiger partial charge in [-0.25, -0.2) is 0 Å². The highest BCUT2D eigenvalue weighted by Gasteiger charge is 2.29. The maximum absolute atomic E-state index is 12.3. The molecular formula is C19H18N2O2S. The Morgan fingerprint density at radius 2 is 2.12 bits per heavy atom. The van der Waals surface area contributed by atoms with E-state index in [1.54, 1.807) is 6.26 Å². The molecule has 1 aromatic carbocycles. The van der Waals surface area contributed by atoms with Gasteiger partial charge in [0.15, 0.2) is 0 Å². The third kappa shape index (κ3) is 2.83. The number of carbonyl (C=O) groups excluding carboxylic acids is 1. The number of furan rings is 1. The van der Waals surface area contributed by atoms with Crippen molar-refractivity contribution >= 4 is 22.9 Å². The summed E-state index contributed by atoms with van der Waals surface area (Å²) in [6.45, 7) is 1.44. The number of thiophene rings is 1. The fraction of sp³-hybridized carbons (Fsp3) is 0.211. The minimum Gasteiger partial charge on any atom is -0.467 e. The molecule has 0 fully saturated rings. The van der Waals surface area contributed by atoms with E-state index in [-0.39, 0.29) is 11.9 Å². The molecule has 3 aromatic rings. The molecule has 0 radical (unpaired) electrons. The topological polar surface area (TPSA) is 45.5 Å². The molecule has 122 valence electrons. The van der Waals surface area contributed by atoms with Crippen LogP contribution < -0.4 is 10.2 Å². The number of benzene rings is 1. The molecule has 0 bridgehead atoms. The number of carbonyl (C=O) groups is 1. The van der Waals surface area contributed by atoms with E-state index in [4.69, 9.17) is 4.42 Å². The Bertz CT molecular complexity index is 812. The first kappa shape index (κ1) is 15.0. The van der Waals surface area contributed by atoms with Crippen molar-refractivity contribution in [3.63, 3.8) is 0 Å². The number of anilines is 1. The Kier molecular flexibility index (Phi) is 4.09. The average molecular weight is 338 g/mol. The van der Waals surface area contributed by atoms with Crippen LogP contribution in [0.2, 0.25) is 0 Å². The van der Waals surface area contributed by atoms with E-state index in [2.05, 4.69) is 34.5 Å². The number of rotatable bonds is 5. The van der Waals surface area contributed by atoms with E-state index in [1.165, 1.54) is 22.6 Å². The highest BCUT2D eigenvalue weighted by atomic mass is 32.1. The fourth-order valence-corrected chi connectivity index (χ4v) is 3.86. The van der Waals surface area contributed by atoms with Crippen LogP contribution in [-0.4, -0.2) is 19.0 Å². The van der Waals surface area contributed by atoms with Crippen molar-refractivity contribution in [2.75, 3.05) is 18.0 Å². The molecule has 5 heteroatoms. The largest absolute Gasteiger partial charge is 0.467 e. The van der Waals surface area contributed by atoms with E-state index in [9.17, 15) is 4.79 Å². The van der Waals surface area contributed by atoms with Crippen LogP contribution in [0.4, 0.5) is 5.69 Å². The minimum atomic E-state index is -0.0333. The summed E-state index contributed by atoms with van der Waals surface area (Å²) in [6, 6.07) is 16.0. The van der Waals surface area contributed by atoms with Crippen LogP contribution in [0.15, 0.2) is 64.6 Å². The zero-order chi connectivity index (χ0) is 16.4. The molecule has 1 N–H and O–H groups in total. The predicted octanol–water partition coefficient (Wildman–Crippen LogP) is 3.87. The summed E-state index contributed by atoms with van der Waals surface area (Å²) in [5, 5.41) is 4.96. The van der Waals surface area contributed by atoms with Crippen molar-refractivity contribution in [1.29, 1.82) is 0 Å². The number of para-hydroxylation sites is 1. The van der Waals surface area contributed by atoms with Crippen molar-refractivity contribution in [3.8, 4) is 0 Å². The number of amides is 1. The Balaban J connectivity index is 1.56. The van der Waals surface area contributed by atoms with Gasteiger partial charge in [0.25, 0.3) is 5.91 Å². The lowest BCUT2D eigenvalue weighted by Crippen LogP contribution is -2.37. The zero-order valence-corrected chi connectivity index (χ0v) is 14.0. The van der Waals surface area contributed by atoms with E-state index in [1.807, 2.05) is 29.6 Å². The van der Waals surface area contributed by atoms with Crippen LogP contribution in [-0.2, 0) is 6.42 Å². The van der Waals surface area contributed by atoms with Crippen molar-refractivity contribution in [2.45, 2.75) is 12.5 Å². The summed E-state index contributed by atoms with van der Waals surface area (Å²) in [7, 11) is 0. The number of hydrogen-bond acceptors (Lipinski definition) is 4. The monoisotopic (exact) mass is 338 g/mol. The lowest BCUT2D eigenvalue weighted by Gasteiger charge is -2.29. The highest BCUT2D eigenvalue weighted by molar-refractivity contribution is 7.12. The first-order chi connectivity index (χ1) is 11.8. The van der Waals surface area contributed by atoms with Crippen molar-refractivity contribution in [1.82, 2.24) is 5.32 Å². The molecule has 0 unspecified atom stereocenters. The second-order valence-electron chi connectivity index (χ2n) is 5.79. The van der Waals surface area contributed by atoms with E-state index >= 15 is 0 Å². The van der Waals surface area contributed by atoms with Crippen LogP contribution in [0.3, 0.4) is 0 Å². The summed E-state index contributed by atoms with van der Waals surface area (Å²) in [5.41, 5.74) is 2.57. The zero-order valence-electron chi connectivity index (χ0n) is 13.1. The molecule has 4 nitrogen and oxygen atoms in total. The molecule has 0 spiro atoms. The predicted molar refractivity (Wildman–Crippen MR) is 95.6 cm³/mol. The molecule has 2 aromatic heterocycles. The van der Waals surface area contributed by atoms with E-state index in [0.29, 0.717) is 6.54 Å². The van der Waals surface area contributed by atoms with Gasteiger partial charge in [0.05, 0.1) is 11.1 Å². The summed E-state index contributed by atoms with van der Waals surface area (Å²) < 4.78 is 5.66. The molecule has 24 heavy (non-hydrogen) atoms. The van der Waals surface area contributed by atoms with E-state index in [0.717, 1.165) is 23.6 Å². The van der Waals surface area contributed by atoms with Crippen molar-refractivity contribution in [3.05, 3.63) is 76.4 Å². The number of hydrogen-bond donors (Lipinski definition) is 1. The number of nitrogens with one attached hydrogen (secondary N) is 1. The van der Waals surface area contributed by atoms with Crippen LogP contribution in [0.1, 0.15) is 27.0 Å². The second kappa shape index (κ2) is 6.53. The van der Waals surface area contributed by atoms with Gasteiger partial charge in [-0.3, -0.25) is 4.79 Å². The second-order valence-corrected chi connectivity index (χ2v) is 6.74. The molecule has 4 rings (SSSR count). The standard InChI is InChI=1S/C19H18N2O2S/c22-19(18-8-4-12-24-18)20-13-16(17-7-3-11-23-17)21-10-9-14-5-1-2-6-15(14)21/h1-8,11-12,16H,9-10,13H2,(H,20,22)/t16-/m1/s1. The molecule has 3 heterocycles. The molecule has 1 aliphatic rings. The van der Waals surface area contributed by atoms with Gasteiger partial charge in [-0.1, -0.05) is 24.3 Å². The van der Waals surface area contributed by atoms with Gasteiger partial charge in [-0.2, -0.15) is 0 Å². The molecule has 1 amide bonds. The SMILES string of the molecule is O=C(NC[C@H](c1ccco1)N1CCc2ccccc21)c1cccs1. The number of fused-ring (bicyclic) bond motifs is 1. The smallest absolute Gasteiger partial charge is 0.261 e. The average Bonchev–Trinajstić information content (AvgIpc) is 3.37. The summed E-state index contributed by atoms with van der Waals surface area (Å²) in [6.07, 6.45) is 2.71. The van der Waals surface area contributed by atoms with Crippen LogP contribution in [0, 0.1) is 0 Å². The quantitative estimate of drug-likeness (QED) is 0.768. The van der Waals surface area contributed by atoms with Crippen molar-refractivity contribution < 1.29 is 9.21 Å². The lowest BCUT2D eigenvalue weighted by atomic mass is 10.1. The van der Waals surface area contributed by atoms with Gasteiger partial charge >= 0.3 is 0 Å². The summed E-state index contributed by atoms with van der Waals surface area (Å²) in [5.74, 6) is 0.840.